The molecule has 0 fully saturated rings. The molecule has 1 atom stereocenters. The number of hydrogen-bond acceptors (Lipinski definition) is 6. The van der Waals surface area contributed by atoms with E-state index in [2.05, 4.69) is 0 Å². The highest BCUT2D eigenvalue weighted by Gasteiger charge is 2.25. The van der Waals surface area contributed by atoms with E-state index in [1.54, 1.807) is 30.3 Å². The first-order valence-electron chi connectivity index (χ1n) is 7.09. The molecule has 0 aliphatic carbocycles. The number of nitrogens with zero attached hydrogens (tertiary/aromatic N) is 1. The highest BCUT2D eigenvalue weighted by Crippen LogP contribution is 2.20. The number of benzene rings is 2. The molecule has 1 unspecified atom stereocenters. The molecule has 0 heterocycles. The first-order valence-corrected chi connectivity index (χ1v) is 7.09. The molecule has 24 heavy (non-hydrogen) atoms. The van der Waals surface area contributed by atoms with Crippen molar-refractivity contribution in [3.05, 3.63) is 75.8 Å². The zero-order chi connectivity index (χ0) is 17.5. The zero-order valence-corrected chi connectivity index (χ0v) is 12.9. The molecule has 7 nitrogen and oxygen atoms in total. The molecule has 0 saturated carbocycles. The first-order chi connectivity index (χ1) is 11.5. The highest BCUT2D eigenvalue weighted by molar-refractivity contribution is 5.80. The summed E-state index contributed by atoms with van der Waals surface area (Å²) >= 11 is 0. The second-order valence-electron chi connectivity index (χ2n) is 4.93. The summed E-state index contributed by atoms with van der Waals surface area (Å²) in [6.07, 6.45) is -1.15. The maximum atomic E-state index is 12.2. The Morgan fingerprint density at radius 1 is 1.08 bits per heavy atom. The number of esters is 2. The molecule has 2 rings (SSSR count). The van der Waals surface area contributed by atoms with E-state index in [4.69, 9.17) is 9.47 Å². The van der Waals surface area contributed by atoms with Crippen molar-refractivity contribution in [1.82, 2.24) is 0 Å². The fourth-order valence-electron chi connectivity index (χ4n) is 1.99. The van der Waals surface area contributed by atoms with Crippen molar-refractivity contribution in [3.8, 4) is 0 Å². The summed E-state index contributed by atoms with van der Waals surface area (Å²) in [4.78, 5) is 33.5. The largest absolute Gasteiger partial charge is 0.458 e. The maximum Gasteiger partial charge on any atom is 0.352 e. The van der Waals surface area contributed by atoms with Gasteiger partial charge in [0.05, 0.1) is 4.92 Å². The van der Waals surface area contributed by atoms with E-state index in [0.29, 0.717) is 11.1 Å². The number of hydrogen-bond donors (Lipinski definition) is 0. The van der Waals surface area contributed by atoms with E-state index in [9.17, 15) is 19.7 Å². The topological polar surface area (TPSA) is 95.7 Å². The number of rotatable bonds is 6. The second kappa shape index (κ2) is 7.87. The van der Waals surface area contributed by atoms with Crippen LogP contribution in [0.2, 0.25) is 0 Å². The molecule has 2 aromatic carbocycles. The van der Waals surface area contributed by atoms with Gasteiger partial charge in [-0.05, 0) is 17.7 Å². The van der Waals surface area contributed by atoms with Crippen LogP contribution in [0.5, 0.6) is 0 Å². The first kappa shape index (κ1) is 17.1. The maximum absolute atomic E-state index is 12.2. The van der Waals surface area contributed by atoms with Crippen LogP contribution in [0, 0.1) is 10.1 Å². The molecule has 0 amide bonds. The summed E-state index contributed by atoms with van der Waals surface area (Å²) < 4.78 is 10.2. The van der Waals surface area contributed by atoms with E-state index in [0.717, 1.165) is 0 Å². The minimum atomic E-state index is -1.15. The van der Waals surface area contributed by atoms with Crippen molar-refractivity contribution in [1.29, 1.82) is 0 Å². The van der Waals surface area contributed by atoms with Crippen LogP contribution in [0.1, 0.15) is 24.2 Å². The van der Waals surface area contributed by atoms with Crippen molar-refractivity contribution >= 4 is 17.6 Å². The minimum absolute atomic E-state index is 0.0489. The van der Waals surface area contributed by atoms with Gasteiger partial charge in [0.1, 0.15) is 6.61 Å². The van der Waals surface area contributed by atoms with E-state index >= 15 is 0 Å². The third-order valence-corrected chi connectivity index (χ3v) is 3.13. The van der Waals surface area contributed by atoms with Gasteiger partial charge in [0.15, 0.2) is 0 Å². The summed E-state index contributed by atoms with van der Waals surface area (Å²) in [7, 11) is 0. The molecule has 0 bridgehead atoms. The molecular formula is C17H15NO6. The number of carbonyl (C=O) groups is 2. The lowest BCUT2D eigenvalue weighted by atomic mass is 10.1. The molecule has 0 aromatic heterocycles. The van der Waals surface area contributed by atoms with Crippen LogP contribution in [0.4, 0.5) is 5.69 Å². The Morgan fingerprint density at radius 2 is 1.71 bits per heavy atom. The Morgan fingerprint density at radius 3 is 2.25 bits per heavy atom. The standard InChI is InChI=1S/C17H15NO6/c1-12(19)24-16(14-5-3-2-4-6-14)17(20)23-11-13-7-9-15(10-8-13)18(21)22/h2-10,16H,11H2,1H3. The smallest absolute Gasteiger partial charge is 0.352 e. The van der Waals surface area contributed by atoms with Gasteiger partial charge in [0.25, 0.3) is 5.69 Å². The summed E-state index contributed by atoms with van der Waals surface area (Å²) in [6, 6.07) is 14.2. The zero-order valence-electron chi connectivity index (χ0n) is 12.9. The molecule has 0 aliphatic heterocycles. The number of nitro benzene ring substituents is 1. The third-order valence-electron chi connectivity index (χ3n) is 3.13. The van der Waals surface area contributed by atoms with Gasteiger partial charge < -0.3 is 9.47 Å². The lowest BCUT2D eigenvalue weighted by molar-refractivity contribution is -0.384. The van der Waals surface area contributed by atoms with E-state index in [1.807, 2.05) is 0 Å². The third kappa shape index (κ3) is 4.64. The van der Waals surface area contributed by atoms with Crippen LogP contribution in [-0.2, 0) is 25.7 Å². The van der Waals surface area contributed by atoms with Gasteiger partial charge >= 0.3 is 11.9 Å². The fourth-order valence-corrected chi connectivity index (χ4v) is 1.99. The number of carbonyl (C=O) groups excluding carboxylic acids is 2. The predicted molar refractivity (Wildman–Crippen MR) is 83.8 cm³/mol. The van der Waals surface area contributed by atoms with Crippen molar-refractivity contribution in [3.63, 3.8) is 0 Å². The van der Waals surface area contributed by atoms with Crippen LogP contribution in [0.25, 0.3) is 0 Å². The van der Waals surface area contributed by atoms with Crippen LogP contribution in [0.15, 0.2) is 54.6 Å². The molecule has 7 heteroatoms. The van der Waals surface area contributed by atoms with Crippen molar-refractivity contribution in [2.75, 3.05) is 0 Å². The van der Waals surface area contributed by atoms with Crippen LogP contribution >= 0.6 is 0 Å². The average molecular weight is 329 g/mol. The number of ether oxygens (including phenoxy) is 2. The summed E-state index contributed by atoms with van der Waals surface area (Å²) in [5, 5.41) is 10.6. The Hall–Kier alpha value is -3.22. The quantitative estimate of drug-likeness (QED) is 0.459. The van der Waals surface area contributed by atoms with Crippen LogP contribution in [-0.4, -0.2) is 16.9 Å². The van der Waals surface area contributed by atoms with Gasteiger partial charge in [-0.25, -0.2) is 4.79 Å². The van der Waals surface area contributed by atoms with Crippen molar-refractivity contribution in [2.24, 2.45) is 0 Å². The molecule has 0 aliphatic rings. The molecule has 0 radical (unpaired) electrons. The molecule has 0 spiro atoms. The molecule has 0 saturated heterocycles. The molecule has 124 valence electrons. The number of non-ortho nitro benzene ring substituents is 1. The lowest BCUT2D eigenvalue weighted by Gasteiger charge is -2.16. The lowest BCUT2D eigenvalue weighted by Crippen LogP contribution is -2.21. The minimum Gasteiger partial charge on any atom is -0.458 e. The van der Waals surface area contributed by atoms with Crippen molar-refractivity contribution in [2.45, 2.75) is 19.6 Å². The molecule has 2 aromatic rings. The highest BCUT2D eigenvalue weighted by atomic mass is 16.6. The molecular weight excluding hydrogens is 314 g/mol. The molecule has 0 N–H and O–H groups in total. The summed E-state index contributed by atoms with van der Waals surface area (Å²) in [6.45, 7) is 1.13. The van der Waals surface area contributed by atoms with E-state index < -0.39 is 23.0 Å². The van der Waals surface area contributed by atoms with Crippen molar-refractivity contribution < 1.29 is 24.0 Å². The number of nitro groups is 1. The van der Waals surface area contributed by atoms with Gasteiger partial charge in [0.2, 0.25) is 6.10 Å². The van der Waals surface area contributed by atoms with Gasteiger partial charge in [0, 0.05) is 24.6 Å². The van der Waals surface area contributed by atoms with Gasteiger partial charge in [-0.15, -0.1) is 0 Å². The predicted octanol–water partition coefficient (Wildman–Crippen LogP) is 2.94. The van der Waals surface area contributed by atoms with Gasteiger partial charge in [-0.3, -0.25) is 14.9 Å². The van der Waals surface area contributed by atoms with Crippen LogP contribution < -0.4 is 0 Å². The average Bonchev–Trinajstić information content (AvgIpc) is 2.58. The second-order valence-corrected chi connectivity index (χ2v) is 4.93. The van der Waals surface area contributed by atoms with Gasteiger partial charge in [-0.1, -0.05) is 30.3 Å². The van der Waals surface area contributed by atoms with Crippen LogP contribution in [0.3, 0.4) is 0 Å². The SMILES string of the molecule is CC(=O)OC(C(=O)OCc1ccc([N+](=O)[O-])cc1)c1ccccc1. The van der Waals surface area contributed by atoms with E-state index in [1.165, 1.54) is 31.2 Å². The normalized spacial score (nSPS) is 11.4. The van der Waals surface area contributed by atoms with E-state index in [-0.39, 0.29) is 12.3 Å². The monoisotopic (exact) mass is 329 g/mol. The fraction of sp³-hybridized carbons (Fsp3) is 0.176. The Balaban J connectivity index is 2.05. The van der Waals surface area contributed by atoms with Gasteiger partial charge in [-0.2, -0.15) is 0 Å². The Kier molecular flexibility index (Phi) is 5.62. The summed E-state index contributed by atoms with van der Waals surface area (Å²) in [5.74, 6) is -1.31. The Labute approximate surface area is 138 Å². The Bertz CT molecular complexity index is 727. The summed E-state index contributed by atoms with van der Waals surface area (Å²) in [5.41, 5.74) is 1.04.